The van der Waals surface area contributed by atoms with Gasteiger partial charge in [-0.25, -0.2) is 9.59 Å². The third kappa shape index (κ3) is 14.9. The maximum Gasteiger partial charge on any atom is 0.404 e. The Morgan fingerprint density at radius 2 is 1.05 bits per heavy atom. The molecule has 0 atom stereocenters. The number of hydrogen-bond donors (Lipinski definition) is 4. The summed E-state index contributed by atoms with van der Waals surface area (Å²) in [7, 11) is 4.09. The van der Waals surface area contributed by atoms with Gasteiger partial charge in [0.25, 0.3) is 0 Å². The highest BCUT2D eigenvalue weighted by atomic mass is 16.4. The highest BCUT2D eigenvalue weighted by Crippen LogP contribution is 1.97. The lowest BCUT2D eigenvalue weighted by Crippen LogP contribution is -2.29. The predicted octanol–water partition coefficient (Wildman–Crippen LogP) is 0.946. The molecule has 22 heavy (non-hydrogen) atoms. The molecule has 0 unspecified atom stereocenters. The van der Waals surface area contributed by atoms with Crippen molar-refractivity contribution in [3.63, 3.8) is 0 Å². The van der Waals surface area contributed by atoms with Gasteiger partial charge in [0.2, 0.25) is 0 Å². The molecular weight excluding hydrogens is 288 g/mol. The summed E-state index contributed by atoms with van der Waals surface area (Å²) in [6.07, 6.45) is 1.90. The number of hydrogen-bond acceptors (Lipinski definition) is 4. The van der Waals surface area contributed by atoms with Gasteiger partial charge in [-0.2, -0.15) is 0 Å². The molecule has 0 aromatic carbocycles. The summed E-state index contributed by atoms with van der Waals surface area (Å²) >= 11 is 0. The van der Waals surface area contributed by atoms with Crippen LogP contribution in [0.25, 0.3) is 0 Å². The maximum absolute atomic E-state index is 10.3. The lowest BCUT2D eigenvalue weighted by molar-refractivity contribution is 0.192. The zero-order valence-corrected chi connectivity index (χ0v) is 13.7. The first-order valence-electron chi connectivity index (χ1n) is 7.72. The molecule has 8 heteroatoms. The number of amides is 2. The summed E-state index contributed by atoms with van der Waals surface area (Å²) in [4.78, 5) is 25.0. The van der Waals surface area contributed by atoms with Crippen molar-refractivity contribution in [3.05, 3.63) is 0 Å². The van der Waals surface area contributed by atoms with Crippen molar-refractivity contribution in [3.8, 4) is 0 Å². The quantitative estimate of drug-likeness (QED) is 0.377. The fraction of sp³-hybridized carbons (Fsp3) is 0.857. The van der Waals surface area contributed by atoms with E-state index in [9.17, 15) is 9.59 Å². The Bertz CT molecular complexity index is 285. The molecule has 4 N–H and O–H groups in total. The van der Waals surface area contributed by atoms with E-state index >= 15 is 0 Å². The van der Waals surface area contributed by atoms with Crippen molar-refractivity contribution < 1.29 is 19.8 Å². The zero-order chi connectivity index (χ0) is 16.8. The Morgan fingerprint density at radius 3 is 1.36 bits per heavy atom. The second-order valence-electron chi connectivity index (χ2n) is 5.48. The van der Waals surface area contributed by atoms with E-state index in [1.165, 1.54) is 0 Å². The van der Waals surface area contributed by atoms with Gasteiger partial charge in [0, 0.05) is 13.1 Å². The van der Waals surface area contributed by atoms with Crippen LogP contribution in [0.15, 0.2) is 0 Å². The first-order valence-corrected chi connectivity index (χ1v) is 7.72. The first kappa shape index (κ1) is 20.5. The van der Waals surface area contributed by atoms with E-state index in [-0.39, 0.29) is 0 Å². The maximum atomic E-state index is 10.3. The van der Waals surface area contributed by atoms with Crippen LogP contribution in [-0.2, 0) is 0 Å². The van der Waals surface area contributed by atoms with Crippen LogP contribution in [0.1, 0.15) is 25.7 Å². The number of carbonyl (C=O) groups is 2. The second kappa shape index (κ2) is 13.1. The van der Waals surface area contributed by atoms with Crippen LogP contribution in [-0.4, -0.2) is 85.6 Å². The number of unbranched alkanes of at least 4 members (excludes halogenated alkanes) is 1. The van der Waals surface area contributed by atoms with Crippen LogP contribution in [0.5, 0.6) is 0 Å². The van der Waals surface area contributed by atoms with Crippen molar-refractivity contribution in [1.29, 1.82) is 0 Å². The Morgan fingerprint density at radius 1 is 0.727 bits per heavy atom. The van der Waals surface area contributed by atoms with Gasteiger partial charge < -0.3 is 30.6 Å². The molecule has 2 amide bonds. The summed E-state index contributed by atoms with van der Waals surface area (Å²) in [5, 5.41) is 21.6. The largest absolute Gasteiger partial charge is 0.465 e. The molecule has 0 spiro atoms. The standard InChI is InChI=1S/C14H30N4O4/c1-17(11-5-7-15-13(19)20)9-3-4-10-18(2)12-6-8-16-14(21)22/h15-16H,3-12H2,1-2H3,(H,19,20)(H,21,22). The van der Waals surface area contributed by atoms with Crippen LogP contribution in [0.3, 0.4) is 0 Å². The summed E-state index contributed by atoms with van der Waals surface area (Å²) < 4.78 is 0. The van der Waals surface area contributed by atoms with E-state index < -0.39 is 12.2 Å². The molecule has 0 heterocycles. The summed E-state index contributed by atoms with van der Waals surface area (Å²) in [5.74, 6) is 0. The minimum absolute atomic E-state index is 0.493. The lowest BCUT2D eigenvalue weighted by atomic mass is 10.2. The third-order valence-electron chi connectivity index (χ3n) is 3.32. The van der Waals surface area contributed by atoms with Crippen molar-refractivity contribution in [2.24, 2.45) is 0 Å². The second-order valence-corrected chi connectivity index (χ2v) is 5.48. The highest BCUT2D eigenvalue weighted by Gasteiger charge is 2.02. The average Bonchev–Trinajstić information content (AvgIpc) is 2.44. The van der Waals surface area contributed by atoms with Gasteiger partial charge in [0.15, 0.2) is 0 Å². The molecule has 0 aliphatic carbocycles. The van der Waals surface area contributed by atoms with Crippen LogP contribution < -0.4 is 10.6 Å². The minimum Gasteiger partial charge on any atom is -0.465 e. The molecule has 0 radical (unpaired) electrons. The topological polar surface area (TPSA) is 105 Å². The molecule has 0 bridgehead atoms. The summed E-state index contributed by atoms with van der Waals surface area (Å²) in [6.45, 7) is 4.76. The Balaban J connectivity index is 3.39. The SMILES string of the molecule is CN(CCCCN(C)CCCNC(=O)O)CCCNC(=O)O. The molecule has 0 saturated carbocycles. The van der Waals surface area contributed by atoms with E-state index in [2.05, 4.69) is 20.4 Å². The zero-order valence-electron chi connectivity index (χ0n) is 13.7. The predicted molar refractivity (Wildman–Crippen MR) is 85.5 cm³/mol. The van der Waals surface area contributed by atoms with Crippen LogP contribution in [0, 0.1) is 0 Å². The van der Waals surface area contributed by atoms with Gasteiger partial charge in [0.05, 0.1) is 0 Å². The molecule has 0 fully saturated rings. The minimum atomic E-state index is -0.968. The molecular formula is C14H30N4O4. The molecule has 0 saturated heterocycles. The number of carboxylic acid groups (broad SMARTS) is 2. The number of rotatable bonds is 13. The fourth-order valence-corrected chi connectivity index (χ4v) is 2.08. The van der Waals surface area contributed by atoms with Crippen molar-refractivity contribution in [2.75, 3.05) is 53.4 Å². The molecule has 0 aromatic rings. The molecule has 0 aromatic heterocycles. The van der Waals surface area contributed by atoms with E-state index in [1.807, 2.05) is 14.1 Å². The van der Waals surface area contributed by atoms with E-state index in [0.717, 1.165) is 51.9 Å². The molecule has 0 aliphatic rings. The monoisotopic (exact) mass is 318 g/mol. The number of nitrogens with zero attached hydrogens (tertiary/aromatic N) is 2. The van der Waals surface area contributed by atoms with Crippen molar-refractivity contribution in [2.45, 2.75) is 25.7 Å². The summed E-state index contributed by atoms with van der Waals surface area (Å²) in [5.41, 5.74) is 0. The van der Waals surface area contributed by atoms with Crippen molar-refractivity contribution >= 4 is 12.2 Å². The van der Waals surface area contributed by atoms with Gasteiger partial charge in [-0.1, -0.05) is 0 Å². The fourth-order valence-electron chi connectivity index (χ4n) is 2.08. The smallest absolute Gasteiger partial charge is 0.404 e. The van der Waals surface area contributed by atoms with Gasteiger partial charge in [0.1, 0.15) is 0 Å². The van der Waals surface area contributed by atoms with E-state index in [1.54, 1.807) is 0 Å². The Kier molecular flexibility index (Phi) is 12.2. The van der Waals surface area contributed by atoms with Gasteiger partial charge >= 0.3 is 12.2 Å². The lowest BCUT2D eigenvalue weighted by Gasteiger charge is -2.19. The third-order valence-corrected chi connectivity index (χ3v) is 3.32. The number of nitrogens with one attached hydrogen (secondary N) is 2. The average molecular weight is 318 g/mol. The molecule has 0 aliphatic heterocycles. The van der Waals surface area contributed by atoms with Gasteiger partial charge in [-0.3, -0.25) is 0 Å². The van der Waals surface area contributed by atoms with E-state index in [0.29, 0.717) is 13.1 Å². The normalized spacial score (nSPS) is 10.9. The van der Waals surface area contributed by atoms with Gasteiger partial charge in [-0.05, 0) is 66.0 Å². The first-order chi connectivity index (χ1) is 10.4. The van der Waals surface area contributed by atoms with E-state index in [4.69, 9.17) is 10.2 Å². The van der Waals surface area contributed by atoms with Gasteiger partial charge in [-0.15, -0.1) is 0 Å². The van der Waals surface area contributed by atoms with Crippen LogP contribution >= 0.6 is 0 Å². The van der Waals surface area contributed by atoms with Crippen LogP contribution in [0.4, 0.5) is 9.59 Å². The van der Waals surface area contributed by atoms with Crippen LogP contribution in [0.2, 0.25) is 0 Å². The molecule has 130 valence electrons. The molecule has 8 nitrogen and oxygen atoms in total. The summed E-state index contributed by atoms with van der Waals surface area (Å²) in [6, 6.07) is 0. The highest BCUT2D eigenvalue weighted by molar-refractivity contribution is 5.64. The molecule has 0 rings (SSSR count). The van der Waals surface area contributed by atoms with Crippen molar-refractivity contribution in [1.82, 2.24) is 20.4 Å². The Hall–Kier alpha value is -1.54. The Labute approximate surface area is 132 Å².